The Labute approximate surface area is 185 Å². The number of pyridine rings is 1. The third-order valence-corrected chi connectivity index (χ3v) is 4.77. The van der Waals surface area contributed by atoms with Gasteiger partial charge in [-0.15, -0.1) is 0 Å². The quantitative estimate of drug-likeness (QED) is 0.486. The summed E-state index contributed by atoms with van der Waals surface area (Å²) in [6.07, 6.45) is 1.55. The molecule has 0 unspecified atom stereocenters. The standard InChI is InChI=1S/C23H17F2N5O3/c24-16-10-8-15(9-11-16)14-29-22(32)20(21(31)27-13-17-5-3-4-12-26-17)28-30(23(29)33)19-7-2-1-6-18(19)25/h1-12H,13-14H2,(H,27,31). The number of para-hydroxylation sites is 1. The molecule has 2 aromatic carbocycles. The highest BCUT2D eigenvalue weighted by molar-refractivity contribution is 5.91. The summed E-state index contributed by atoms with van der Waals surface area (Å²) in [4.78, 5) is 43.0. The molecule has 166 valence electrons. The maximum Gasteiger partial charge on any atom is 0.352 e. The van der Waals surface area contributed by atoms with Crippen LogP contribution in [0, 0.1) is 11.6 Å². The summed E-state index contributed by atoms with van der Waals surface area (Å²) in [5.74, 6) is -2.11. The lowest BCUT2D eigenvalue weighted by atomic mass is 10.2. The molecule has 10 heteroatoms. The van der Waals surface area contributed by atoms with Crippen molar-refractivity contribution in [2.45, 2.75) is 13.1 Å². The summed E-state index contributed by atoms with van der Waals surface area (Å²) in [5, 5.41) is 6.40. The van der Waals surface area contributed by atoms with E-state index in [1.807, 2.05) is 0 Å². The van der Waals surface area contributed by atoms with Crippen molar-refractivity contribution < 1.29 is 13.6 Å². The van der Waals surface area contributed by atoms with E-state index >= 15 is 0 Å². The summed E-state index contributed by atoms with van der Waals surface area (Å²) in [5.41, 5.74) is -1.77. The van der Waals surface area contributed by atoms with Crippen LogP contribution in [0.3, 0.4) is 0 Å². The minimum absolute atomic E-state index is 0.0115. The lowest BCUT2D eigenvalue weighted by molar-refractivity contribution is 0.0940. The molecule has 0 saturated carbocycles. The Hall–Kier alpha value is -4.47. The van der Waals surface area contributed by atoms with E-state index in [0.29, 0.717) is 15.9 Å². The topological polar surface area (TPSA) is 98.9 Å². The molecule has 0 atom stereocenters. The highest BCUT2D eigenvalue weighted by Crippen LogP contribution is 2.09. The fourth-order valence-electron chi connectivity index (χ4n) is 3.11. The molecule has 33 heavy (non-hydrogen) atoms. The summed E-state index contributed by atoms with van der Waals surface area (Å²) < 4.78 is 29.1. The van der Waals surface area contributed by atoms with Gasteiger partial charge in [-0.1, -0.05) is 30.3 Å². The van der Waals surface area contributed by atoms with Crippen LogP contribution in [0.2, 0.25) is 0 Å². The average molecular weight is 449 g/mol. The zero-order valence-electron chi connectivity index (χ0n) is 17.1. The molecule has 0 radical (unpaired) electrons. The largest absolute Gasteiger partial charge is 0.352 e. The van der Waals surface area contributed by atoms with Crippen molar-refractivity contribution in [2.75, 3.05) is 0 Å². The van der Waals surface area contributed by atoms with E-state index in [-0.39, 0.29) is 18.8 Å². The van der Waals surface area contributed by atoms with Gasteiger partial charge in [-0.25, -0.2) is 13.6 Å². The lowest BCUT2D eigenvalue weighted by Gasteiger charge is -2.13. The number of carbonyl (C=O) groups is 1. The fraction of sp³-hybridized carbons (Fsp3) is 0.0870. The molecule has 0 saturated heterocycles. The Bertz CT molecular complexity index is 1420. The van der Waals surface area contributed by atoms with Crippen molar-refractivity contribution in [1.29, 1.82) is 0 Å². The molecule has 1 N–H and O–H groups in total. The van der Waals surface area contributed by atoms with Gasteiger partial charge in [0.15, 0.2) is 0 Å². The Morgan fingerprint density at radius 1 is 0.939 bits per heavy atom. The number of nitrogens with one attached hydrogen (secondary N) is 1. The average Bonchev–Trinajstić information content (AvgIpc) is 2.83. The third-order valence-electron chi connectivity index (χ3n) is 4.77. The van der Waals surface area contributed by atoms with Gasteiger partial charge in [0.05, 0.1) is 18.8 Å². The number of carbonyl (C=O) groups excluding carboxylic acids is 1. The van der Waals surface area contributed by atoms with Crippen LogP contribution < -0.4 is 16.6 Å². The first-order valence-electron chi connectivity index (χ1n) is 9.85. The number of hydrogen-bond acceptors (Lipinski definition) is 5. The van der Waals surface area contributed by atoms with Gasteiger partial charge in [0, 0.05) is 6.20 Å². The van der Waals surface area contributed by atoms with Crippen molar-refractivity contribution in [3.63, 3.8) is 0 Å². The number of benzene rings is 2. The molecule has 8 nitrogen and oxygen atoms in total. The Morgan fingerprint density at radius 3 is 2.36 bits per heavy atom. The fourth-order valence-corrected chi connectivity index (χ4v) is 3.11. The first-order valence-corrected chi connectivity index (χ1v) is 9.85. The molecule has 0 spiro atoms. The predicted octanol–water partition coefficient (Wildman–Crippen LogP) is 2.05. The van der Waals surface area contributed by atoms with Gasteiger partial charge >= 0.3 is 5.69 Å². The van der Waals surface area contributed by atoms with E-state index in [1.165, 1.54) is 42.5 Å². The minimum atomic E-state index is -0.963. The van der Waals surface area contributed by atoms with Crippen molar-refractivity contribution >= 4 is 5.91 Å². The molecule has 0 aliphatic rings. The second-order valence-corrected chi connectivity index (χ2v) is 7.02. The summed E-state index contributed by atoms with van der Waals surface area (Å²) in [7, 11) is 0. The maximum absolute atomic E-state index is 14.4. The molecule has 4 aromatic rings. The van der Waals surface area contributed by atoms with E-state index in [2.05, 4.69) is 15.4 Å². The van der Waals surface area contributed by atoms with E-state index in [1.54, 1.807) is 24.4 Å². The lowest BCUT2D eigenvalue weighted by Crippen LogP contribution is -2.46. The van der Waals surface area contributed by atoms with E-state index in [9.17, 15) is 23.2 Å². The Kier molecular flexibility index (Phi) is 6.16. The van der Waals surface area contributed by atoms with E-state index < -0.39 is 34.5 Å². The van der Waals surface area contributed by atoms with Gasteiger partial charge in [-0.05, 0) is 42.0 Å². The van der Waals surface area contributed by atoms with Crippen LogP contribution in [0.15, 0.2) is 82.5 Å². The van der Waals surface area contributed by atoms with Crippen molar-refractivity contribution in [3.8, 4) is 5.69 Å². The molecular weight excluding hydrogens is 432 g/mol. The number of nitrogens with zero attached hydrogens (tertiary/aromatic N) is 4. The van der Waals surface area contributed by atoms with Crippen molar-refractivity contribution in [1.82, 2.24) is 24.6 Å². The third kappa shape index (κ3) is 4.74. The van der Waals surface area contributed by atoms with Crippen LogP contribution in [-0.2, 0) is 13.1 Å². The van der Waals surface area contributed by atoms with Crippen LogP contribution in [0.25, 0.3) is 5.69 Å². The van der Waals surface area contributed by atoms with Gasteiger partial charge in [0.1, 0.15) is 17.3 Å². The molecular formula is C23H17F2N5O3. The van der Waals surface area contributed by atoms with Gasteiger partial charge in [0.2, 0.25) is 5.69 Å². The molecule has 0 aliphatic heterocycles. The number of aromatic nitrogens is 4. The van der Waals surface area contributed by atoms with Crippen molar-refractivity contribution in [3.05, 3.63) is 122 Å². The number of halogens is 2. The first-order chi connectivity index (χ1) is 15.9. The summed E-state index contributed by atoms with van der Waals surface area (Å²) in [6.45, 7) is -0.257. The molecule has 4 rings (SSSR count). The van der Waals surface area contributed by atoms with Crippen LogP contribution in [0.1, 0.15) is 21.7 Å². The highest BCUT2D eigenvalue weighted by atomic mass is 19.1. The number of rotatable bonds is 6. The van der Waals surface area contributed by atoms with Crippen LogP contribution in [0.4, 0.5) is 8.78 Å². The van der Waals surface area contributed by atoms with E-state index in [4.69, 9.17) is 0 Å². The molecule has 2 heterocycles. The summed E-state index contributed by atoms with van der Waals surface area (Å²) in [6, 6.07) is 15.6. The SMILES string of the molecule is O=C(NCc1ccccn1)c1nn(-c2ccccc2F)c(=O)n(Cc2ccc(F)cc2)c1=O. The van der Waals surface area contributed by atoms with Crippen molar-refractivity contribution in [2.24, 2.45) is 0 Å². The molecule has 0 aliphatic carbocycles. The second-order valence-electron chi connectivity index (χ2n) is 7.02. The normalized spacial score (nSPS) is 10.7. The van der Waals surface area contributed by atoms with Crippen LogP contribution >= 0.6 is 0 Å². The monoisotopic (exact) mass is 449 g/mol. The Balaban J connectivity index is 1.79. The zero-order valence-corrected chi connectivity index (χ0v) is 17.1. The smallest absolute Gasteiger partial charge is 0.345 e. The van der Waals surface area contributed by atoms with E-state index in [0.717, 1.165) is 10.6 Å². The zero-order chi connectivity index (χ0) is 23.4. The van der Waals surface area contributed by atoms with Gasteiger partial charge in [-0.3, -0.25) is 19.1 Å². The van der Waals surface area contributed by atoms with Crippen LogP contribution in [0.5, 0.6) is 0 Å². The molecule has 0 fully saturated rings. The van der Waals surface area contributed by atoms with Gasteiger partial charge in [-0.2, -0.15) is 9.78 Å². The predicted molar refractivity (Wildman–Crippen MR) is 115 cm³/mol. The first kappa shape index (κ1) is 21.8. The van der Waals surface area contributed by atoms with Crippen LogP contribution in [-0.4, -0.2) is 25.2 Å². The molecule has 2 aromatic heterocycles. The Morgan fingerprint density at radius 2 is 1.67 bits per heavy atom. The molecule has 0 bridgehead atoms. The highest BCUT2D eigenvalue weighted by Gasteiger charge is 2.21. The van der Waals surface area contributed by atoms with Gasteiger partial charge in [0.25, 0.3) is 11.5 Å². The minimum Gasteiger partial charge on any atom is -0.345 e. The molecule has 1 amide bonds. The van der Waals surface area contributed by atoms with Gasteiger partial charge < -0.3 is 5.32 Å². The number of hydrogen-bond donors (Lipinski definition) is 1. The summed E-state index contributed by atoms with van der Waals surface area (Å²) >= 11 is 0. The maximum atomic E-state index is 14.4. The number of amides is 1. The second kappa shape index (κ2) is 9.35.